The molecule has 0 aliphatic heterocycles. The van der Waals surface area contributed by atoms with Crippen LogP contribution in [0.5, 0.6) is 0 Å². The molecule has 2 aliphatic carbocycles. The Kier molecular flexibility index (Phi) is 4.47. The second kappa shape index (κ2) is 7.47. The summed E-state index contributed by atoms with van der Waals surface area (Å²) in [6, 6.07) is 27.6. The summed E-state index contributed by atoms with van der Waals surface area (Å²) in [5.74, 6) is 0.207. The van der Waals surface area contributed by atoms with Gasteiger partial charge in [-0.2, -0.15) is 0 Å². The van der Waals surface area contributed by atoms with Crippen LogP contribution < -0.4 is 10.4 Å². The van der Waals surface area contributed by atoms with Crippen molar-refractivity contribution in [1.82, 2.24) is 0 Å². The van der Waals surface area contributed by atoms with E-state index in [9.17, 15) is 4.79 Å². The second-order valence-electron chi connectivity index (χ2n) is 8.37. The highest BCUT2D eigenvalue weighted by molar-refractivity contribution is 7.17. The van der Waals surface area contributed by atoms with Gasteiger partial charge in [0.1, 0.15) is 0 Å². The molecule has 0 radical (unpaired) electrons. The standard InChI is InChI=1S/C29H22OS/c30-29(28-17-16-27(31-28)21-7-2-1-3-8-21)22-11-10-20-13-14-24-23-9-5-4-6-19(23)12-15-25(24)26(20)18-22/h1-9,13-18,22H,10-12H2. The fourth-order valence-corrected chi connectivity index (χ4v) is 5.95. The zero-order chi connectivity index (χ0) is 20.8. The summed E-state index contributed by atoms with van der Waals surface area (Å²) in [6.45, 7) is 0. The van der Waals surface area contributed by atoms with E-state index in [4.69, 9.17) is 0 Å². The van der Waals surface area contributed by atoms with Gasteiger partial charge in [-0.3, -0.25) is 4.79 Å². The Bertz CT molecular complexity index is 1430. The lowest BCUT2D eigenvalue weighted by atomic mass is 9.83. The van der Waals surface area contributed by atoms with Crippen LogP contribution in [0.4, 0.5) is 0 Å². The zero-order valence-corrected chi connectivity index (χ0v) is 18.0. The second-order valence-corrected chi connectivity index (χ2v) is 9.45. The summed E-state index contributed by atoms with van der Waals surface area (Å²) in [7, 11) is 0. The van der Waals surface area contributed by atoms with Crippen LogP contribution >= 0.6 is 11.3 Å². The number of carbonyl (C=O) groups is 1. The summed E-state index contributed by atoms with van der Waals surface area (Å²) in [6.07, 6.45) is 7.39. The molecule has 0 N–H and O–H groups in total. The predicted molar refractivity (Wildman–Crippen MR) is 130 cm³/mol. The molecule has 1 atom stereocenters. The summed E-state index contributed by atoms with van der Waals surface area (Å²) in [5.41, 5.74) is 6.55. The number of hydrogen-bond acceptors (Lipinski definition) is 2. The van der Waals surface area contributed by atoms with Gasteiger partial charge in [-0.1, -0.05) is 78.9 Å². The van der Waals surface area contributed by atoms with Gasteiger partial charge in [-0.25, -0.2) is 0 Å². The molecule has 2 heteroatoms. The number of hydrogen-bond donors (Lipinski definition) is 0. The van der Waals surface area contributed by atoms with Crippen molar-refractivity contribution in [3.8, 4) is 21.6 Å². The van der Waals surface area contributed by atoms with Crippen LogP contribution in [0.15, 0.2) is 78.9 Å². The molecule has 6 rings (SSSR count). The van der Waals surface area contributed by atoms with Crippen LogP contribution in [0.25, 0.3) is 33.7 Å². The molecule has 0 saturated carbocycles. The van der Waals surface area contributed by atoms with Crippen molar-refractivity contribution in [3.63, 3.8) is 0 Å². The number of benzene rings is 3. The van der Waals surface area contributed by atoms with Crippen molar-refractivity contribution in [1.29, 1.82) is 0 Å². The van der Waals surface area contributed by atoms with Gasteiger partial charge in [0.15, 0.2) is 5.78 Å². The van der Waals surface area contributed by atoms with Gasteiger partial charge in [0.05, 0.1) is 4.88 Å². The third-order valence-corrected chi connectivity index (χ3v) is 7.70. The zero-order valence-electron chi connectivity index (χ0n) is 17.2. The summed E-state index contributed by atoms with van der Waals surface area (Å²) in [4.78, 5) is 15.4. The fraction of sp³-hybridized carbons (Fsp3) is 0.138. The Hall–Kier alpha value is -3.23. The number of aryl methyl sites for hydroxylation is 1. The third kappa shape index (κ3) is 3.19. The van der Waals surface area contributed by atoms with Crippen molar-refractivity contribution in [2.75, 3.05) is 0 Å². The topological polar surface area (TPSA) is 17.1 Å². The average Bonchev–Trinajstić information content (AvgIpc) is 3.34. The first-order valence-electron chi connectivity index (χ1n) is 10.9. The van der Waals surface area contributed by atoms with Crippen molar-refractivity contribution in [3.05, 3.63) is 105 Å². The lowest BCUT2D eigenvalue weighted by Gasteiger charge is -2.21. The Balaban J connectivity index is 1.39. The van der Waals surface area contributed by atoms with Crippen molar-refractivity contribution >= 4 is 29.3 Å². The highest BCUT2D eigenvalue weighted by atomic mass is 32.1. The van der Waals surface area contributed by atoms with Crippen LogP contribution in [0.1, 0.15) is 27.2 Å². The molecule has 1 heterocycles. The van der Waals surface area contributed by atoms with Crippen LogP contribution in [0, 0.1) is 5.92 Å². The van der Waals surface area contributed by atoms with Crippen LogP contribution in [0.2, 0.25) is 0 Å². The van der Waals surface area contributed by atoms with E-state index in [2.05, 4.69) is 66.7 Å². The smallest absolute Gasteiger partial charge is 0.179 e. The van der Waals surface area contributed by atoms with Crippen molar-refractivity contribution in [2.45, 2.75) is 19.3 Å². The quantitative estimate of drug-likeness (QED) is 0.393. The largest absolute Gasteiger partial charge is 0.293 e. The fourth-order valence-electron chi connectivity index (χ4n) is 4.94. The van der Waals surface area contributed by atoms with E-state index >= 15 is 0 Å². The van der Waals surface area contributed by atoms with E-state index in [0.29, 0.717) is 0 Å². The first-order valence-corrected chi connectivity index (χ1v) is 11.7. The molecule has 0 bridgehead atoms. The number of thiophene rings is 1. The number of Topliss-reactive ketones (excluding diaryl/α,β-unsaturated/α-hetero) is 1. The van der Waals surface area contributed by atoms with Crippen molar-refractivity contribution < 1.29 is 4.79 Å². The molecule has 1 unspecified atom stereocenters. The summed E-state index contributed by atoms with van der Waals surface area (Å²) < 4.78 is 0. The Labute approximate surface area is 186 Å². The monoisotopic (exact) mass is 418 g/mol. The normalized spacial score (nSPS) is 16.3. The maximum atomic E-state index is 13.4. The predicted octanol–water partition coefficient (Wildman–Crippen LogP) is 5.64. The highest BCUT2D eigenvalue weighted by Gasteiger charge is 2.24. The molecule has 4 aromatic rings. The number of carbonyl (C=O) groups excluding carboxylic acids is 1. The van der Waals surface area contributed by atoms with E-state index in [0.717, 1.165) is 29.0 Å². The van der Waals surface area contributed by atoms with Crippen LogP contribution in [0.3, 0.4) is 0 Å². The van der Waals surface area contributed by atoms with E-state index in [1.807, 2.05) is 24.3 Å². The van der Waals surface area contributed by atoms with E-state index < -0.39 is 0 Å². The molecule has 2 aliphatic rings. The van der Waals surface area contributed by atoms with Gasteiger partial charge in [0.25, 0.3) is 0 Å². The molecular formula is C29H22OS. The third-order valence-electron chi connectivity index (χ3n) is 6.55. The summed E-state index contributed by atoms with van der Waals surface area (Å²) in [5, 5.41) is 2.58. The van der Waals surface area contributed by atoms with Gasteiger partial charge in [-0.05, 0) is 69.6 Å². The van der Waals surface area contributed by atoms with Gasteiger partial charge >= 0.3 is 0 Å². The van der Waals surface area contributed by atoms with Crippen LogP contribution in [-0.2, 0) is 12.8 Å². The molecule has 1 nitrogen and oxygen atoms in total. The number of rotatable bonds is 3. The Morgan fingerprint density at radius 1 is 0.774 bits per heavy atom. The van der Waals surface area contributed by atoms with Gasteiger partial charge in [-0.15, -0.1) is 11.3 Å². The summed E-state index contributed by atoms with van der Waals surface area (Å²) >= 11 is 1.61. The van der Waals surface area contributed by atoms with Gasteiger partial charge in [0.2, 0.25) is 0 Å². The molecule has 1 aromatic heterocycles. The lowest BCUT2D eigenvalue weighted by Crippen LogP contribution is -2.36. The molecule has 3 aromatic carbocycles. The Morgan fingerprint density at radius 2 is 1.61 bits per heavy atom. The maximum absolute atomic E-state index is 13.4. The minimum absolute atomic E-state index is 0.0492. The SMILES string of the molecule is O=C(c1ccc(-c2ccccc2)s1)C1C=c2c(ccc3c2=CCc2ccccc2-3)CC1. The molecule has 0 saturated heterocycles. The first kappa shape index (κ1) is 18.5. The van der Waals surface area contributed by atoms with E-state index in [-0.39, 0.29) is 11.7 Å². The minimum Gasteiger partial charge on any atom is -0.293 e. The minimum atomic E-state index is -0.0492. The lowest BCUT2D eigenvalue weighted by molar-refractivity contribution is 0.0951. The van der Waals surface area contributed by atoms with E-state index in [1.165, 1.54) is 38.3 Å². The number of fused-ring (bicyclic) bond motifs is 5. The molecular weight excluding hydrogens is 396 g/mol. The van der Waals surface area contributed by atoms with Crippen LogP contribution in [-0.4, -0.2) is 5.78 Å². The molecule has 31 heavy (non-hydrogen) atoms. The highest BCUT2D eigenvalue weighted by Crippen LogP contribution is 2.31. The Morgan fingerprint density at radius 3 is 2.52 bits per heavy atom. The average molecular weight is 419 g/mol. The van der Waals surface area contributed by atoms with Gasteiger partial charge in [0, 0.05) is 10.8 Å². The first-order chi connectivity index (χ1) is 15.3. The van der Waals surface area contributed by atoms with Gasteiger partial charge < -0.3 is 0 Å². The molecule has 150 valence electrons. The van der Waals surface area contributed by atoms with Crippen molar-refractivity contribution in [2.24, 2.45) is 5.92 Å². The number of ketones is 1. The molecule has 0 amide bonds. The van der Waals surface area contributed by atoms with E-state index in [1.54, 1.807) is 11.3 Å². The molecule has 0 spiro atoms. The maximum Gasteiger partial charge on any atom is 0.179 e. The molecule has 0 fully saturated rings.